The molecule has 0 spiro atoms. The van der Waals surface area contributed by atoms with Crippen molar-refractivity contribution in [1.29, 1.82) is 0 Å². The fourth-order valence-corrected chi connectivity index (χ4v) is 5.36. The van der Waals surface area contributed by atoms with Crippen LogP contribution < -0.4 is 0 Å². The fraction of sp³-hybridized carbons (Fsp3) is 1.00. The maximum absolute atomic E-state index is 11.6. The molecule has 14 heavy (non-hydrogen) atoms. The van der Waals surface area contributed by atoms with Gasteiger partial charge in [-0.25, -0.2) is 16.8 Å². The summed E-state index contributed by atoms with van der Waals surface area (Å²) in [5, 5.41) is -0.863. The maximum atomic E-state index is 11.6. The van der Waals surface area contributed by atoms with Crippen LogP contribution in [0.25, 0.3) is 0 Å². The molecule has 0 aromatic carbocycles. The number of hydroxylamine groups is 1. The summed E-state index contributed by atoms with van der Waals surface area (Å²) in [5.41, 5.74) is 0. The lowest BCUT2D eigenvalue weighted by atomic mass is 10.4. The molecule has 1 rings (SSSR count). The lowest BCUT2D eigenvalue weighted by molar-refractivity contribution is -0.0266. The van der Waals surface area contributed by atoms with Crippen molar-refractivity contribution in [3.8, 4) is 0 Å². The SMILES string of the molecule is CON(C)S(=O)(=O)C1CCS(=O)(=O)C1. The Hall–Kier alpha value is -0.180. The molecule has 0 aliphatic carbocycles. The van der Waals surface area contributed by atoms with Gasteiger partial charge in [0.05, 0.1) is 23.9 Å². The van der Waals surface area contributed by atoms with Crippen LogP contribution in [0.2, 0.25) is 0 Å². The van der Waals surface area contributed by atoms with Crippen LogP contribution in [-0.4, -0.2) is 52.2 Å². The summed E-state index contributed by atoms with van der Waals surface area (Å²) in [6.07, 6.45) is 0.151. The molecule has 6 nitrogen and oxygen atoms in total. The highest BCUT2D eigenvalue weighted by atomic mass is 32.2. The molecule has 0 saturated carbocycles. The normalized spacial score (nSPS) is 26.9. The van der Waals surface area contributed by atoms with Crippen molar-refractivity contribution in [1.82, 2.24) is 4.47 Å². The van der Waals surface area contributed by atoms with Crippen molar-refractivity contribution in [3.63, 3.8) is 0 Å². The molecular formula is C6H13NO5S2. The van der Waals surface area contributed by atoms with Gasteiger partial charge in [-0.1, -0.05) is 4.47 Å². The first-order valence-corrected chi connectivity index (χ1v) is 7.34. The quantitative estimate of drug-likeness (QED) is 0.594. The molecule has 1 unspecified atom stereocenters. The molecule has 8 heteroatoms. The van der Waals surface area contributed by atoms with Gasteiger partial charge in [0.1, 0.15) is 0 Å². The summed E-state index contributed by atoms with van der Waals surface area (Å²) >= 11 is 0. The van der Waals surface area contributed by atoms with E-state index in [2.05, 4.69) is 4.84 Å². The molecule has 1 fully saturated rings. The van der Waals surface area contributed by atoms with Crippen molar-refractivity contribution in [2.45, 2.75) is 11.7 Å². The second kappa shape index (κ2) is 3.76. The van der Waals surface area contributed by atoms with Crippen molar-refractivity contribution >= 4 is 19.9 Å². The van der Waals surface area contributed by atoms with Crippen molar-refractivity contribution in [3.05, 3.63) is 0 Å². The van der Waals surface area contributed by atoms with Gasteiger partial charge in [0.25, 0.3) is 0 Å². The predicted molar refractivity (Wildman–Crippen MR) is 50.8 cm³/mol. The van der Waals surface area contributed by atoms with Gasteiger partial charge in [-0.15, -0.1) is 0 Å². The number of nitrogens with zero attached hydrogens (tertiary/aromatic N) is 1. The molecule has 84 valence electrons. The smallest absolute Gasteiger partial charge is 0.239 e. The molecule has 0 amide bonds. The molecule has 1 saturated heterocycles. The zero-order chi connectivity index (χ0) is 11.0. The molecule has 0 aromatic heterocycles. The van der Waals surface area contributed by atoms with E-state index < -0.39 is 25.1 Å². The highest BCUT2D eigenvalue weighted by Gasteiger charge is 2.39. The number of hydrogen-bond donors (Lipinski definition) is 0. The second-order valence-electron chi connectivity index (χ2n) is 3.16. The summed E-state index contributed by atoms with van der Waals surface area (Å²) in [7, 11) is -4.34. The number of hydrogen-bond acceptors (Lipinski definition) is 5. The summed E-state index contributed by atoms with van der Waals surface area (Å²) in [6.45, 7) is 0. The minimum atomic E-state index is -3.63. The van der Waals surface area contributed by atoms with Crippen molar-refractivity contribution in [2.75, 3.05) is 25.7 Å². The van der Waals surface area contributed by atoms with Crippen LogP contribution >= 0.6 is 0 Å². The zero-order valence-corrected chi connectivity index (χ0v) is 9.64. The average Bonchev–Trinajstić information content (AvgIpc) is 2.45. The number of sulfone groups is 1. The van der Waals surface area contributed by atoms with E-state index in [0.717, 1.165) is 0 Å². The van der Waals surface area contributed by atoms with Crippen molar-refractivity contribution in [2.24, 2.45) is 0 Å². The van der Waals surface area contributed by atoms with Gasteiger partial charge in [-0.3, -0.25) is 4.84 Å². The van der Waals surface area contributed by atoms with E-state index in [1.807, 2.05) is 0 Å². The van der Waals surface area contributed by atoms with Gasteiger partial charge >= 0.3 is 0 Å². The van der Waals surface area contributed by atoms with Crippen molar-refractivity contribution < 1.29 is 21.7 Å². The predicted octanol–water partition coefficient (Wildman–Crippen LogP) is -1.00. The average molecular weight is 243 g/mol. The second-order valence-corrected chi connectivity index (χ2v) is 7.60. The van der Waals surface area contributed by atoms with E-state index in [4.69, 9.17) is 0 Å². The van der Waals surface area contributed by atoms with Crippen LogP contribution in [0.1, 0.15) is 6.42 Å². The Morgan fingerprint density at radius 2 is 2.00 bits per heavy atom. The van der Waals surface area contributed by atoms with Gasteiger partial charge in [0, 0.05) is 7.05 Å². The first-order chi connectivity index (χ1) is 6.29. The largest absolute Gasteiger partial charge is 0.288 e. The molecule has 0 N–H and O–H groups in total. The van der Waals surface area contributed by atoms with Crippen LogP contribution in [0.15, 0.2) is 0 Å². The third kappa shape index (κ3) is 2.25. The minimum absolute atomic E-state index is 0.0611. The van der Waals surface area contributed by atoms with Gasteiger partial charge < -0.3 is 0 Å². The summed E-state index contributed by atoms with van der Waals surface area (Å²) in [5.74, 6) is -0.364. The van der Waals surface area contributed by atoms with Gasteiger partial charge in [-0.2, -0.15) is 0 Å². The van der Waals surface area contributed by atoms with E-state index in [9.17, 15) is 16.8 Å². The molecule has 1 heterocycles. The van der Waals surface area contributed by atoms with E-state index in [0.29, 0.717) is 4.47 Å². The lowest BCUT2D eigenvalue weighted by Crippen LogP contribution is -2.36. The fourth-order valence-electron chi connectivity index (χ4n) is 1.31. The number of rotatable bonds is 3. The molecule has 1 aliphatic heterocycles. The van der Waals surface area contributed by atoms with E-state index >= 15 is 0 Å². The van der Waals surface area contributed by atoms with E-state index in [1.165, 1.54) is 14.2 Å². The zero-order valence-electron chi connectivity index (χ0n) is 8.00. The first-order valence-electron chi connectivity index (χ1n) is 4.02. The standard InChI is InChI=1S/C6H13NO5S2/c1-7(12-2)14(10,11)6-3-4-13(8,9)5-6/h6H,3-5H2,1-2H3. The Morgan fingerprint density at radius 3 is 2.36 bits per heavy atom. The van der Waals surface area contributed by atoms with E-state index in [1.54, 1.807) is 0 Å². The highest BCUT2D eigenvalue weighted by Crippen LogP contribution is 2.21. The Labute approximate surface area is 83.8 Å². The summed E-state index contributed by atoms with van der Waals surface area (Å²) in [4.78, 5) is 4.55. The van der Waals surface area contributed by atoms with Crippen LogP contribution in [0, 0.1) is 0 Å². The Balaban J connectivity index is 2.87. The van der Waals surface area contributed by atoms with Crippen LogP contribution in [0.5, 0.6) is 0 Å². The third-order valence-corrected chi connectivity index (χ3v) is 6.32. The van der Waals surface area contributed by atoms with Gasteiger partial charge in [0.2, 0.25) is 10.0 Å². The summed E-state index contributed by atoms with van der Waals surface area (Å²) < 4.78 is 46.0. The van der Waals surface area contributed by atoms with E-state index in [-0.39, 0.29) is 17.9 Å². The maximum Gasteiger partial charge on any atom is 0.239 e. The van der Waals surface area contributed by atoms with Crippen LogP contribution in [0.3, 0.4) is 0 Å². The highest BCUT2D eigenvalue weighted by molar-refractivity contribution is 7.95. The lowest BCUT2D eigenvalue weighted by Gasteiger charge is -2.17. The Bertz CT molecular complexity index is 398. The van der Waals surface area contributed by atoms with Crippen LogP contribution in [-0.2, 0) is 24.7 Å². The Kier molecular flexibility index (Phi) is 3.20. The topological polar surface area (TPSA) is 80.8 Å². The third-order valence-electron chi connectivity index (χ3n) is 2.23. The molecule has 1 atom stereocenters. The molecular weight excluding hydrogens is 230 g/mol. The first kappa shape index (κ1) is 11.9. The monoisotopic (exact) mass is 243 g/mol. The Morgan fingerprint density at radius 1 is 1.43 bits per heavy atom. The molecule has 1 aliphatic rings. The molecule has 0 aromatic rings. The van der Waals surface area contributed by atoms with Gasteiger partial charge in [0.15, 0.2) is 9.84 Å². The molecule has 0 bridgehead atoms. The molecule has 0 radical (unpaired) electrons. The summed E-state index contributed by atoms with van der Waals surface area (Å²) in [6, 6.07) is 0. The minimum Gasteiger partial charge on any atom is -0.288 e. The van der Waals surface area contributed by atoms with Gasteiger partial charge in [-0.05, 0) is 6.42 Å². The number of sulfonamides is 1. The van der Waals surface area contributed by atoms with Crippen LogP contribution in [0.4, 0.5) is 0 Å².